The quantitative estimate of drug-likeness (QED) is 0.621. The summed E-state index contributed by atoms with van der Waals surface area (Å²) in [6.07, 6.45) is 1.52. The molecule has 5 rings (SSSR count). The molecule has 0 radical (unpaired) electrons. The number of ether oxygens (including phenoxy) is 1. The van der Waals surface area contributed by atoms with Crippen molar-refractivity contribution < 1.29 is 19.7 Å². The lowest BCUT2D eigenvalue weighted by atomic mass is 10.0. The van der Waals surface area contributed by atoms with Crippen LogP contribution in [0.4, 0.5) is 10.6 Å². The molecule has 0 saturated carbocycles. The van der Waals surface area contributed by atoms with Crippen molar-refractivity contribution >= 4 is 22.8 Å². The fourth-order valence-electron chi connectivity index (χ4n) is 4.97. The van der Waals surface area contributed by atoms with Crippen molar-refractivity contribution in [3.05, 3.63) is 48.0 Å². The van der Waals surface area contributed by atoms with Crippen molar-refractivity contribution in [2.24, 2.45) is 0 Å². The third-order valence-corrected chi connectivity index (χ3v) is 6.59. The van der Waals surface area contributed by atoms with E-state index in [2.05, 4.69) is 4.90 Å². The van der Waals surface area contributed by atoms with Crippen molar-refractivity contribution in [1.82, 2.24) is 14.9 Å². The molecule has 8 nitrogen and oxygen atoms in total. The molecule has 2 aromatic carbocycles. The van der Waals surface area contributed by atoms with Crippen LogP contribution >= 0.6 is 0 Å². The molecule has 1 aromatic heterocycles. The lowest BCUT2D eigenvalue weighted by Gasteiger charge is -2.41. The number of para-hydroxylation sites is 1. The zero-order valence-electron chi connectivity index (χ0n) is 18.6. The molecule has 2 fully saturated rings. The van der Waals surface area contributed by atoms with Gasteiger partial charge < -0.3 is 19.8 Å². The number of phenolic OH excluding ortho intramolecular Hbond substituents is 1. The van der Waals surface area contributed by atoms with E-state index in [-0.39, 0.29) is 17.8 Å². The smallest absolute Gasteiger partial charge is 0.407 e. The summed E-state index contributed by atoms with van der Waals surface area (Å²) in [5.41, 5.74) is 2.47. The number of hydrogen-bond donors (Lipinski definition) is 2. The van der Waals surface area contributed by atoms with Gasteiger partial charge >= 0.3 is 6.09 Å². The number of hydrogen-bond acceptors (Lipinski definition) is 6. The summed E-state index contributed by atoms with van der Waals surface area (Å²) in [6, 6.07) is 12.9. The van der Waals surface area contributed by atoms with Crippen LogP contribution in [0.25, 0.3) is 22.3 Å². The number of anilines is 1. The van der Waals surface area contributed by atoms with Crippen LogP contribution in [-0.4, -0.2) is 69.6 Å². The van der Waals surface area contributed by atoms with Crippen molar-refractivity contribution in [3.63, 3.8) is 0 Å². The van der Waals surface area contributed by atoms with Gasteiger partial charge in [0.05, 0.1) is 29.8 Å². The van der Waals surface area contributed by atoms with Gasteiger partial charge in [0.25, 0.3) is 0 Å². The zero-order chi connectivity index (χ0) is 22.9. The van der Waals surface area contributed by atoms with E-state index < -0.39 is 6.09 Å². The van der Waals surface area contributed by atoms with Crippen molar-refractivity contribution in [2.45, 2.75) is 38.3 Å². The van der Waals surface area contributed by atoms with Gasteiger partial charge in [-0.1, -0.05) is 18.2 Å². The number of aromatic nitrogens is 2. The number of aromatic hydroxyl groups is 1. The van der Waals surface area contributed by atoms with Crippen LogP contribution in [0.3, 0.4) is 0 Å². The van der Waals surface area contributed by atoms with Crippen LogP contribution in [0.15, 0.2) is 42.5 Å². The van der Waals surface area contributed by atoms with Gasteiger partial charge in [0.1, 0.15) is 11.6 Å². The predicted octanol–water partition coefficient (Wildman–Crippen LogP) is 4.05. The second-order valence-electron chi connectivity index (χ2n) is 8.86. The summed E-state index contributed by atoms with van der Waals surface area (Å²) in [4.78, 5) is 25.6. The Morgan fingerprint density at radius 3 is 2.76 bits per heavy atom. The fourth-order valence-corrected chi connectivity index (χ4v) is 4.97. The van der Waals surface area contributed by atoms with E-state index in [4.69, 9.17) is 14.7 Å². The van der Waals surface area contributed by atoms with Crippen LogP contribution in [0, 0.1) is 6.92 Å². The Balaban J connectivity index is 1.55. The predicted molar refractivity (Wildman–Crippen MR) is 126 cm³/mol. The van der Waals surface area contributed by atoms with E-state index in [1.54, 1.807) is 23.1 Å². The Kier molecular flexibility index (Phi) is 5.76. The molecule has 1 amide bonds. The van der Waals surface area contributed by atoms with E-state index >= 15 is 0 Å². The highest BCUT2D eigenvalue weighted by atomic mass is 16.5. The molecule has 2 aliphatic rings. The SMILES string of the molecule is Cc1ccc2c(N3CCC[C@@H](N(C(=O)O)[C@@H]4CCOC4)C3)nc(-c3ccccc3O)nc2c1. The maximum atomic E-state index is 12.2. The monoisotopic (exact) mass is 448 g/mol. The van der Waals surface area contributed by atoms with E-state index in [1.165, 1.54) is 0 Å². The van der Waals surface area contributed by atoms with Crippen LogP contribution in [0.1, 0.15) is 24.8 Å². The second-order valence-corrected chi connectivity index (χ2v) is 8.86. The maximum absolute atomic E-state index is 12.2. The first-order valence-corrected chi connectivity index (χ1v) is 11.4. The van der Waals surface area contributed by atoms with Gasteiger partial charge in [-0.2, -0.15) is 0 Å². The number of amides is 1. The van der Waals surface area contributed by atoms with E-state index in [9.17, 15) is 15.0 Å². The highest BCUT2D eigenvalue weighted by molar-refractivity contribution is 5.92. The molecule has 0 aliphatic carbocycles. The number of carbonyl (C=O) groups is 1. The number of fused-ring (bicyclic) bond motifs is 1. The van der Waals surface area contributed by atoms with E-state index in [1.807, 2.05) is 31.2 Å². The van der Waals surface area contributed by atoms with Crippen LogP contribution < -0.4 is 4.90 Å². The van der Waals surface area contributed by atoms with Gasteiger partial charge in [-0.25, -0.2) is 14.8 Å². The Labute approximate surface area is 192 Å². The van der Waals surface area contributed by atoms with E-state index in [0.29, 0.717) is 31.1 Å². The fraction of sp³-hybridized carbons (Fsp3) is 0.400. The summed E-state index contributed by atoms with van der Waals surface area (Å²) in [5, 5.41) is 21.3. The van der Waals surface area contributed by atoms with Crippen molar-refractivity contribution in [3.8, 4) is 17.1 Å². The number of phenols is 1. The minimum absolute atomic E-state index is 0.103. The molecule has 3 aromatic rings. The second kappa shape index (κ2) is 8.86. The molecule has 0 unspecified atom stereocenters. The largest absolute Gasteiger partial charge is 0.507 e. The lowest BCUT2D eigenvalue weighted by molar-refractivity contribution is 0.0827. The third-order valence-electron chi connectivity index (χ3n) is 6.59. The topological polar surface area (TPSA) is 99.0 Å². The molecule has 2 atom stereocenters. The Hall–Kier alpha value is -3.39. The Bertz CT molecular complexity index is 1180. The summed E-state index contributed by atoms with van der Waals surface area (Å²) in [6.45, 7) is 4.42. The average molecular weight is 449 g/mol. The number of carboxylic acid groups (broad SMARTS) is 1. The molecule has 2 N–H and O–H groups in total. The number of piperidine rings is 1. The van der Waals surface area contributed by atoms with Crippen molar-refractivity contribution in [2.75, 3.05) is 31.2 Å². The normalized spacial score (nSPS) is 20.8. The number of nitrogens with zero attached hydrogens (tertiary/aromatic N) is 4. The number of aryl methyl sites for hydroxylation is 1. The highest BCUT2D eigenvalue weighted by Gasteiger charge is 2.36. The summed E-state index contributed by atoms with van der Waals surface area (Å²) in [5.74, 6) is 1.36. The first-order valence-electron chi connectivity index (χ1n) is 11.4. The van der Waals surface area contributed by atoms with Gasteiger partial charge in [0, 0.05) is 25.1 Å². The van der Waals surface area contributed by atoms with E-state index in [0.717, 1.165) is 48.1 Å². The number of rotatable bonds is 4. The lowest BCUT2D eigenvalue weighted by Crippen LogP contribution is -2.54. The molecule has 33 heavy (non-hydrogen) atoms. The molecular formula is C25H28N4O4. The first kappa shape index (κ1) is 21.5. The van der Waals surface area contributed by atoms with Crippen LogP contribution in [0.2, 0.25) is 0 Å². The van der Waals surface area contributed by atoms with Crippen LogP contribution in [0.5, 0.6) is 5.75 Å². The summed E-state index contributed by atoms with van der Waals surface area (Å²) >= 11 is 0. The molecule has 2 aliphatic heterocycles. The molecule has 8 heteroatoms. The van der Waals surface area contributed by atoms with Gasteiger partial charge in [0.2, 0.25) is 0 Å². The first-order chi connectivity index (χ1) is 16.0. The van der Waals surface area contributed by atoms with Gasteiger partial charge in [0.15, 0.2) is 5.82 Å². The third kappa shape index (κ3) is 4.18. The van der Waals surface area contributed by atoms with Crippen molar-refractivity contribution in [1.29, 1.82) is 0 Å². The maximum Gasteiger partial charge on any atom is 0.407 e. The molecule has 2 saturated heterocycles. The molecular weight excluding hydrogens is 420 g/mol. The summed E-state index contributed by atoms with van der Waals surface area (Å²) < 4.78 is 5.47. The molecule has 0 spiro atoms. The zero-order valence-corrected chi connectivity index (χ0v) is 18.6. The Morgan fingerprint density at radius 2 is 2.00 bits per heavy atom. The van der Waals surface area contributed by atoms with Gasteiger partial charge in [-0.05, 0) is 56.0 Å². The molecule has 3 heterocycles. The summed E-state index contributed by atoms with van der Waals surface area (Å²) in [7, 11) is 0. The van der Waals surface area contributed by atoms with Gasteiger partial charge in [-0.15, -0.1) is 0 Å². The minimum Gasteiger partial charge on any atom is -0.507 e. The minimum atomic E-state index is -0.893. The standard InChI is InChI=1S/C25H28N4O4/c1-16-8-9-19-21(13-16)26-23(20-6-2-3-7-22(20)30)27-24(19)28-11-4-5-17(14-28)29(25(31)32)18-10-12-33-15-18/h2-3,6-9,13,17-18,30H,4-5,10-12,14-15H2,1H3,(H,31,32)/t17-,18-/m1/s1. The highest BCUT2D eigenvalue weighted by Crippen LogP contribution is 2.34. The molecule has 0 bridgehead atoms. The van der Waals surface area contributed by atoms with Crippen LogP contribution in [-0.2, 0) is 4.74 Å². The van der Waals surface area contributed by atoms with Gasteiger partial charge in [-0.3, -0.25) is 4.90 Å². The number of benzene rings is 2. The average Bonchev–Trinajstić information content (AvgIpc) is 3.33. The molecule has 172 valence electrons. The Morgan fingerprint density at radius 1 is 1.15 bits per heavy atom.